The fourth-order valence-corrected chi connectivity index (χ4v) is 2.02. The van der Waals surface area contributed by atoms with Gasteiger partial charge < -0.3 is 5.73 Å². The minimum atomic E-state index is -0.399. The summed E-state index contributed by atoms with van der Waals surface area (Å²) in [4.78, 5) is 15.5. The fourth-order valence-electron chi connectivity index (χ4n) is 2.02. The van der Waals surface area contributed by atoms with Crippen LogP contribution in [0.25, 0.3) is 11.1 Å². The van der Waals surface area contributed by atoms with Gasteiger partial charge in [-0.2, -0.15) is 0 Å². The Morgan fingerprint density at radius 1 is 1.06 bits per heavy atom. The number of hydrogen-bond donors (Lipinski definition) is 1. The number of hydrogen-bond acceptors (Lipinski definition) is 2. The molecule has 90 valence electrons. The third-order valence-corrected chi connectivity index (χ3v) is 3.28. The molecule has 3 nitrogen and oxygen atoms in total. The molecule has 2 N–H and O–H groups in total. The van der Waals surface area contributed by atoms with Crippen LogP contribution in [0.3, 0.4) is 0 Å². The van der Waals surface area contributed by atoms with Gasteiger partial charge >= 0.3 is 0 Å². The van der Waals surface area contributed by atoms with Crippen molar-refractivity contribution in [3.8, 4) is 11.1 Å². The smallest absolute Gasteiger partial charge is 0.248 e. The lowest BCUT2D eigenvalue weighted by molar-refractivity contribution is 0.100. The van der Waals surface area contributed by atoms with E-state index in [9.17, 15) is 4.79 Å². The summed E-state index contributed by atoms with van der Waals surface area (Å²) in [5.74, 6) is 0.278. The molecule has 0 aliphatic heterocycles. The number of carbonyl (C=O) groups excluding carboxylic acids is 1. The number of primary amides is 1. The predicted molar refractivity (Wildman–Crippen MR) is 70.2 cm³/mol. The molecule has 0 radical (unpaired) electrons. The number of carbonyl (C=O) groups is 1. The van der Waals surface area contributed by atoms with Crippen LogP contribution in [-0.2, 0) is 0 Å². The highest BCUT2D eigenvalue weighted by Gasteiger charge is 2.24. The molecule has 1 amide bonds. The molecule has 0 bridgehead atoms. The van der Waals surface area contributed by atoms with Crippen molar-refractivity contribution < 1.29 is 4.79 Å². The van der Waals surface area contributed by atoms with Crippen LogP contribution >= 0.6 is 0 Å². The number of benzene rings is 1. The highest BCUT2D eigenvalue weighted by molar-refractivity contribution is 5.93. The molecule has 0 spiro atoms. The minimum Gasteiger partial charge on any atom is -0.366 e. The van der Waals surface area contributed by atoms with E-state index in [4.69, 9.17) is 5.73 Å². The van der Waals surface area contributed by atoms with Crippen LogP contribution in [-0.4, -0.2) is 10.9 Å². The summed E-state index contributed by atoms with van der Waals surface area (Å²) in [5, 5.41) is 0. The van der Waals surface area contributed by atoms with Gasteiger partial charge in [0, 0.05) is 28.9 Å². The second-order valence-electron chi connectivity index (χ2n) is 4.69. The Hall–Kier alpha value is -2.16. The standard InChI is InChI=1S/C15H14N2O/c16-15(18)12-5-1-10(2-6-12)13-7-8-14(17-9-13)11-3-4-11/h1-2,5-9,11H,3-4H2,(H2,16,18). The Bertz CT molecular complexity index is 568. The van der Waals surface area contributed by atoms with Crippen LogP contribution in [0, 0.1) is 0 Å². The van der Waals surface area contributed by atoms with Crippen LogP contribution in [0.2, 0.25) is 0 Å². The molecule has 2 aromatic rings. The molecule has 1 aromatic heterocycles. The fraction of sp³-hybridized carbons (Fsp3) is 0.200. The zero-order valence-electron chi connectivity index (χ0n) is 9.97. The van der Waals surface area contributed by atoms with Gasteiger partial charge in [0.2, 0.25) is 5.91 Å². The lowest BCUT2D eigenvalue weighted by Gasteiger charge is -2.03. The van der Waals surface area contributed by atoms with Crippen LogP contribution in [0.15, 0.2) is 42.6 Å². The zero-order chi connectivity index (χ0) is 12.5. The minimum absolute atomic E-state index is 0.399. The summed E-state index contributed by atoms with van der Waals surface area (Å²) in [7, 11) is 0. The molecule has 1 heterocycles. The average molecular weight is 238 g/mol. The van der Waals surface area contributed by atoms with Crippen molar-refractivity contribution in [1.29, 1.82) is 0 Å². The van der Waals surface area contributed by atoms with Gasteiger partial charge in [-0.1, -0.05) is 18.2 Å². The Balaban J connectivity index is 1.86. The van der Waals surface area contributed by atoms with E-state index in [2.05, 4.69) is 17.1 Å². The van der Waals surface area contributed by atoms with Crippen molar-refractivity contribution >= 4 is 5.91 Å². The maximum atomic E-state index is 11.0. The van der Waals surface area contributed by atoms with Crippen molar-refractivity contribution in [2.75, 3.05) is 0 Å². The number of pyridine rings is 1. The Labute approximate surface area is 106 Å². The molecule has 1 aliphatic rings. The second kappa shape index (κ2) is 4.26. The van der Waals surface area contributed by atoms with E-state index in [1.807, 2.05) is 18.3 Å². The lowest BCUT2D eigenvalue weighted by atomic mass is 10.0. The molecule has 3 heteroatoms. The molecule has 1 saturated carbocycles. The Morgan fingerprint density at radius 2 is 1.72 bits per heavy atom. The van der Waals surface area contributed by atoms with Gasteiger partial charge in [0.15, 0.2) is 0 Å². The SMILES string of the molecule is NC(=O)c1ccc(-c2ccc(C3CC3)nc2)cc1. The van der Waals surface area contributed by atoms with Gasteiger partial charge in [-0.05, 0) is 36.6 Å². The van der Waals surface area contributed by atoms with Gasteiger partial charge in [-0.15, -0.1) is 0 Å². The monoisotopic (exact) mass is 238 g/mol. The van der Waals surface area contributed by atoms with E-state index in [0.717, 1.165) is 11.1 Å². The van der Waals surface area contributed by atoms with Crippen molar-refractivity contribution in [3.05, 3.63) is 53.9 Å². The molecule has 1 fully saturated rings. The molecular formula is C15H14N2O. The first-order valence-electron chi connectivity index (χ1n) is 6.10. The van der Waals surface area contributed by atoms with E-state index in [1.54, 1.807) is 12.1 Å². The highest BCUT2D eigenvalue weighted by atomic mass is 16.1. The molecule has 1 aliphatic carbocycles. The van der Waals surface area contributed by atoms with Crippen LogP contribution < -0.4 is 5.73 Å². The second-order valence-corrected chi connectivity index (χ2v) is 4.69. The zero-order valence-corrected chi connectivity index (χ0v) is 9.97. The number of aromatic nitrogens is 1. The van der Waals surface area contributed by atoms with Crippen LogP contribution in [0.1, 0.15) is 34.8 Å². The molecule has 0 atom stereocenters. The number of rotatable bonds is 3. The summed E-state index contributed by atoms with van der Waals surface area (Å²) in [6.07, 6.45) is 4.42. The third kappa shape index (κ3) is 2.12. The van der Waals surface area contributed by atoms with Crippen molar-refractivity contribution in [2.24, 2.45) is 5.73 Å². The summed E-state index contributed by atoms with van der Waals surface area (Å²) >= 11 is 0. The van der Waals surface area contributed by atoms with Gasteiger partial charge in [-0.3, -0.25) is 9.78 Å². The number of nitrogens with zero attached hydrogens (tertiary/aromatic N) is 1. The molecule has 3 rings (SSSR count). The van der Waals surface area contributed by atoms with Crippen molar-refractivity contribution in [3.63, 3.8) is 0 Å². The summed E-state index contributed by atoms with van der Waals surface area (Å²) in [6, 6.07) is 11.5. The topological polar surface area (TPSA) is 56.0 Å². The van der Waals surface area contributed by atoms with Crippen molar-refractivity contribution in [2.45, 2.75) is 18.8 Å². The summed E-state index contributed by atoms with van der Waals surface area (Å²) < 4.78 is 0. The van der Waals surface area contributed by atoms with Gasteiger partial charge in [0.05, 0.1) is 0 Å². The number of amides is 1. The van der Waals surface area contributed by atoms with Gasteiger partial charge in [-0.25, -0.2) is 0 Å². The molecule has 18 heavy (non-hydrogen) atoms. The molecule has 0 saturated heterocycles. The van der Waals surface area contributed by atoms with Crippen molar-refractivity contribution in [1.82, 2.24) is 4.98 Å². The van der Waals surface area contributed by atoms with E-state index in [-0.39, 0.29) is 0 Å². The average Bonchev–Trinajstić information content (AvgIpc) is 3.23. The first kappa shape index (κ1) is 11.0. The quantitative estimate of drug-likeness (QED) is 0.893. The van der Waals surface area contributed by atoms with E-state index in [1.165, 1.54) is 18.5 Å². The predicted octanol–water partition coefficient (Wildman–Crippen LogP) is 2.72. The lowest BCUT2D eigenvalue weighted by Crippen LogP contribution is -2.10. The maximum Gasteiger partial charge on any atom is 0.248 e. The first-order valence-corrected chi connectivity index (χ1v) is 6.10. The molecule has 0 unspecified atom stereocenters. The van der Waals surface area contributed by atoms with Crippen LogP contribution in [0.4, 0.5) is 0 Å². The summed E-state index contributed by atoms with van der Waals surface area (Å²) in [6.45, 7) is 0. The molecular weight excluding hydrogens is 224 g/mol. The highest BCUT2D eigenvalue weighted by Crippen LogP contribution is 2.39. The Morgan fingerprint density at radius 3 is 2.22 bits per heavy atom. The largest absolute Gasteiger partial charge is 0.366 e. The number of nitrogens with two attached hydrogens (primary N) is 1. The van der Waals surface area contributed by atoms with Gasteiger partial charge in [0.1, 0.15) is 0 Å². The third-order valence-electron chi connectivity index (χ3n) is 3.28. The first-order chi connectivity index (χ1) is 8.74. The van der Waals surface area contributed by atoms with E-state index >= 15 is 0 Å². The van der Waals surface area contributed by atoms with Crippen LogP contribution in [0.5, 0.6) is 0 Å². The van der Waals surface area contributed by atoms with E-state index in [0.29, 0.717) is 11.5 Å². The summed E-state index contributed by atoms with van der Waals surface area (Å²) in [5.41, 5.74) is 9.04. The van der Waals surface area contributed by atoms with Gasteiger partial charge in [0.25, 0.3) is 0 Å². The maximum absolute atomic E-state index is 11.0. The Kier molecular flexibility index (Phi) is 2.59. The normalized spacial score (nSPS) is 14.4. The molecule has 1 aromatic carbocycles. The van der Waals surface area contributed by atoms with E-state index < -0.39 is 5.91 Å².